The zero-order valence-corrected chi connectivity index (χ0v) is 32.5. The van der Waals surface area contributed by atoms with Gasteiger partial charge in [0.2, 0.25) is 0 Å². The van der Waals surface area contributed by atoms with E-state index < -0.39 is 19.8 Å². The zero-order valence-electron chi connectivity index (χ0n) is 29.6. The maximum atomic E-state index is 2.41. The van der Waals surface area contributed by atoms with Crippen LogP contribution in [0.4, 0.5) is 0 Å². The van der Waals surface area contributed by atoms with E-state index in [-0.39, 0.29) is 0 Å². The van der Waals surface area contributed by atoms with Gasteiger partial charge in [-0.2, -0.15) is 0 Å². The van der Waals surface area contributed by atoms with Gasteiger partial charge in [-0.15, -0.1) is 0 Å². The Bertz CT molecular complexity index is 1850. The van der Waals surface area contributed by atoms with Gasteiger partial charge in [-0.1, -0.05) is 97.1 Å². The second kappa shape index (κ2) is 16.2. The van der Waals surface area contributed by atoms with Crippen LogP contribution in [0.25, 0.3) is 54.2 Å². The summed E-state index contributed by atoms with van der Waals surface area (Å²) >= 11 is -1.07. The van der Waals surface area contributed by atoms with Crippen LogP contribution in [0.15, 0.2) is 97.1 Å². The van der Waals surface area contributed by atoms with Crippen molar-refractivity contribution in [2.45, 2.75) is 117 Å². The van der Waals surface area contributed by atoms with Crippen molar-refractivity contribution in [1.29, 1.82) is 0 Å². The van der Waals surface area contributed by atoms with Crippen LogP contribution in [0.5, 0.6) is 0 Å². The molecule has 6 aromatic carbocycles. The van der Waals surface area contributed by atoms with E-state index in [0.717, 1.165) is 0 Å². The fourth-order valence-electron chi connectivity index (χ4n) is 9.05. The van der Waals surface area contributed by atoms with E-state index in [2.05, 4.69) is 111 Å². The van der Waals surface area contributed by atoms with Crippen molar-refractivity contribution in [1.82, 2.24) is 0 Å². The maximum absolute atomic E-state index is 2.41. The Morgan fingerprint density at radius 2 is 0.708 bits per heavy atom. The van der Waals surface area contributed by atoms with Crippen LogP contribution < -0.4 is 0 Å². The van der Waals surface area contributed by atoms with Crippen LogP contribution in [-0.2, 0) is 0 Å². The van der Waals surface area contributed by atoms with Gasteiger partial charge in [0.1, 0.15) is 0 Å². The molecule has 0 aromatic heterocycles. The Morgan fingerprint density at radius 3 is 1.15 bits per heavy atom. The number of unbranched alkanes of at least 4 members (excludes halogenated alkanes) is 9. The zero-order chi connectivity index (χ0) is 32.7. The molecule has 0 saturated carbocycles. The third kappa shape index (κ3) is 6.81. The number of benzene rings is 6. The molecule has 0 saturated heterocycles. The quantitative estimate of drug-likeness (QED) is 0.0497. The summed E-state index contributed by atoms with van der Waals surface area (Å²) in [6, 6.07) is 36.9. The van der Waals surface area contributed by atoms with Crippen molar-refractivity contribution >= 4 is 62.8 Å². The van der Waals surface area contributed by atoms with E-state index in [0.29, 0.717) is 5.92 Å². The molecule has 0 fully saturated rings. The average Bonchev–Trinajstić information content (AvgIpc) is 3.49. The first kappa shape index (κ1) is 33.6. The second-order valence-electron chi connectivity index (χ2n) is 14.6. The molecule has 0 nitrogen and oxygen atoms in total. The molecule has 0 unspecified atom stereocenters. The molecule has 1 aliphatic carbocycles. The van der Waals surface area contributed by atoms with Crippen molar-refractivity contribution in [3.8, 4) is 11.1 Å². The Balaban J connectivity index is 1.09. The summed E-state index contributed by atoms with van der Waals surface area (Å²) in [7, 11) is 0. The fourth-order valence-corrected chi connectivity index (χ4v) is 18.2. The Morgan fingerprint density at radius 1 is 0.375 bits per heavy atom. The number of fused-ring (bicyclic) bond motifs is 13. The molecule has 1 radical (unpaired) electrons. The van der Waals surface area contributed by atoms with Gasteiger partial charge in [0, 0.05) is 0 Å². The van der Waals surface area contributed by atoms with Crippen LogP contribution in [0.1, 0.15) is 114 Å². The molecule has 0 spiro atoms. The normalized spacial score (nSPS) is 13.0. The Hall–Kier alpha value is -2.84. The van der Waals surface area contributed by atoms with Crippen molar-refractivity contribution in [3.05, 3.63) is 108 Å². The molecule has 1 heteroatoms. The Kier molecular flexibility index (Phi) is 11.4. The van der Waals surface area contributed by atoms with Gasteiger partial charge in [0.15, 0.2) is 0 Å². The molecule has 7 rings (SSSR count). The summed E-state index contributed by atoms with van der Waals surface area (Å²) in [5.41, 5.74) is 6.17. The summed E-state index contributed by atoms with van der Waals surface area (Å²) in [6.07, 6.45) is 18.4. The first-order valence-electron chi connectivity index (χ1n) is 19.5. The van der Waals surface area contributed by atoms with Crippen molar-refractivity contribution in [2.75, 3.05) is 0 Å². The molecule has 0 heterocycles. The minimum atomic E-state index is -1.07. The molecule has 0 N–H and O–H groups in total. The standard InChI is InChI=1S/C39H37.2C4H9.Sn/c1-2-3-4-5-6-7-8-9-26-35-36-31-22-14-10-18-27(31)29-20-12-16-24-33(29)38(36)39-34-25-17-13-21-30(34)28-19-11-15-23-32(28)37(35)39;2*1-3-4-2;/h10-25,35H,1-9,26H2;2*1,3-4H2,2H3;. The van der Waals surface area contributed by atoms with E-state index in [1.165, 1.54) is 138 Å². The molecule has 0 bridgehead atoms. The van der Waals surface area contributed by atoms with Gasteiger partial charge in [-0.3, -0.25) is 0 Å². The molecule has 0 amide bonds. The minimum absolute atomic E-state index is 0.429. The SMILES string of the molecule is CCC[CH2][Sn]([CH2]CCC)[CH2]CCCCCCCCCC1c2c(c3ccccc3c3ccccc23)-c2c1c1ccccc1c1ccccc21. The van der Waals surface area contributed by atoms with Crippen LogP contribution in [-0.4, -0.2) is 19.8 Å². The number of hydrogen-bond donors (Lipinski definition) is 0. The summed E-state index contributed by atoms with van der Waals surface area (Å²) in [5, 5.41) is 11.3. The van der Waals surface area contributed by atoms with Gasteiger partial charge in [0.05, 0.1) is 0 Å². The molecular weight excluding hydrogens is 683 g/mol. The van der Waals surface area contributed by atoms with E-state index in [1.54, 1.807) is 24.4 Å². The third-order valence-corrected chi connectivity index (χ3v) is 20.5. The monoisotopic (exact) mass is 739 g/mol. The van der Waals surface area contributed by atoms with Crippen LogP contribution >= 0.6 is 0 Å². The van der Waals surface area contributed by atoms with E-state index in [9.17, 15) is 0 Å². The van der Waals surface area contributed by atoms with E-state index in [4.69, 9.17) is 0 Å². The van der Waals surface area contributed by atoms with Crippen molar-refractivity contribution < 1.29 is 0 Å². The van der Waals surface area contributed by atoms with E-state index in [1.807, 2.05) is 0 Å². The fraction of sp³-hybridized carbons (Fsp3) is 0.404. The molecule has 6 aromatic rings. The molecule has 247 valence electrons. The molecular formula is C47H55Sn. The van der Waals surface area contributed by atoms with Crippen LogP contribution in [0, 0.1) is 0 Å². The first-order valence-corrected chi connectivity index (χ1v) is 25.6. The molecule has 0 atom stereocenters. The van der Waals surface area contributed by atoms with Gasteiger partial charge in [0.25, 0.3) is 0 Å². The number of rotatable bonds is 17. The summed E-state index contributed by atoms with van der Waals surface area (Å²) in [5.74, 6) is 0.429. The summed E-state index contributed by atoms with van der Waals surface area (Å²) in [4.78, 5) is 0. The van der Waals surface area contributed by atoms with Gasteiger partial charge >= 0.3 is 147 Å². The predicted molar refractivity (Wildman–Crippen MR) is 215 cm³/mol. The van der Waals surface area contributed by atoms with Gasteiger partial charge in [-0.25, -0.2) is 0 Å². The van der Waals surface area contributed by atoms with Crippen LogP contribution in [0.2, 0.25) is 13.3 Å². The smallest absolute Gasteiger partial charge is 0.0616 e. The molecule has 1 aliphatic rings. The molecule has 48 heavy (non-hydrogen) atoms. The van der Waals surface area contributed by atoms with Crippen LogP contribution in [0.3, 0.4) is 0 Å². The van der Waals surface area contributed by atoms with Gasteiger partial charge in [-0.05, 0) is 54.2 Å². The topological polar surface area (TPSA) is 0 Å². The predicted octanol–water partition coefficient (Wildman–Crippen LogP) is 15.0. The molecule has 0 aliphatic heterocycles. The first-order chi connectivity index (χ1) is 23.8. The second-order valence-corrected chi connectivity index (χ2v) is 23.2. The Labute approximate surface area is 297 Å². The average molecular weight is 739 g/mol. The summed E-state index contributed by atoms with van der Waals surface area (Å²) < 4.78 is 4.99. The minimum Gasteiger partial charge on any atom is -0.0616 e. The van der Waals surface area contributed by atoms with Crippen molar-refractivity contribution in [2.24, 2.45) is 0 Å². The van der Waals surface area contributed by atoms with Gasteiger partial charge < -0.3 is 0 Å². The third-order valence-electron chi connectivity index (χ3n) is 11.4. The number of hydrogen-bond acceptors (Lipinski definition) is 0. The summed E-state index contributed by atoms with van der Waals surface area (Å²) in [6.45, 7) is 4.75. The van der Waals surface area contributed by atoms with Crippen molar-refractivity contribution in [3.63, 3.8) is 0 Å². The van der Waals surface area contributed by atoms with E-state index >= 15 is 0 Å².